The molecule has 3 aromatic rings. The molecule has 162 valence electrons. The number of carbonyl (C=O) groups excluding carboxylic acids is 1. The smallest absolute Gasteiger partial charge is 0.253 e. The lowest BCUT2D eigenvalue weighted by molar-refractivity contribution is 0.0695. The number of carbonyl (C=O) groups is 1. The number of ether oxygens (including phenoxy) is 3. The maximum absolute atomic E-state index is 12.8. The van der Waals surface area contributed by atoms with Gasteiger partial charge in [0.15, 0.2) is 11.5 Å². The van der Waals surface area contributed by atoms with Gasteiger partial charge in [0, 0.05) is 24.2 Å². The van der Waals surface area contributed by atoms with Crippen molar-refractivity contribution in [2.24, 2.45) is 0 Å². The molecular weight excluding hydrogens is 398 g/mol. The molecule has 8 nitrogen and oxygen atoms in total. The highest BCUT2D eigenvalue weighted by Gasteiger charge is 2.29. The molecule has 1 atom stereocenters. The average Bonchev–Trinajstić information content (AvgIpc) is 3.33. The number of piperidine rings is 1. The molecule has 1 aliphatic heterocycles. The van der Waals surface area contributed by atoms with E-state index in [0.29, 0.717) is 46.6 Å². The predicted octanol–water partition coefficient (Wildman–Crippen LogP) is 3.78. The van der Waals surface area contributed by atoms with Gasteiger partial charge in [-0.05, 0) is 37.1 Å². The Balaban J connectivity index is 1.55. The Hall–Kier alpha value is -3.55. The summed E-state index contributed by atoms with van der Waals surface area (Å²) in [6.07, 6.45) is 1.76. The number of hydrogen-bond acceptors (Lipinski definition) is 7. The van der Waals surface area contributed by atoms with Crippen molar-refractivity contribution in [2.45, 2.75) is 18.8 Å². The Morgan fingerprint density at radius 2 is 1.77 bits per heavy atom. The Morgan fingerprint density at radius 1 is 1.06 bits per heavy atom. The predicted molar refractivity (Wildman–Crippen MR) is 114 cm³/mol. The molecule has 4 rings (SSSR count). The maximum atomic E-state index is 12.8. The quantitative estimate of drug-likeness (QED) is 0.596. The molecule has 0 spiro atoms. The summed E-state index contributed by atoms with van der Waals surface area (Å²) in [6.45, 7) is 1.27. The van der Waals surface area contributed by atoms with Gasteiger partial charge in [-0.15, -0.1) is 0 Å². The number of nitrogens with zero attached hydrogens (tertiary/aromatic N) is 3. The van der Waals surface area contributed by atoms with Crippen LogP contribution in [0.25, 0.3) is 11.4 Å². The number of hydrogen-bond donors (Lipinski definition) is 0. The minimum Gasteiger partial charge on any atom is -0.493 e. The Morgan fingerprint density at radius 3 is 2.42 bits per heavy atom. The number of methoxy groups -OCH3 is 3. The molecule has 1 saturated heterocycles. The minimum atomic E-state index is -0.00954. The van der Waals surface area contributed by atoms with Gasteiger partial charge >= 0.3 is 0 Å². The molecule has 8 heteroatoms. The van der Waals surface area contributed by atoms with Gasteiger partial charge in [-0.3, -0.25) is 4.79 Å². The van der Waals surface area contributed by atoms with Crippen LogP contribution in [-0.2, 0) is 0 Å². The van der Waals surface area contributed by atoms with E-state index in [1.54, 1.807) is 33.5 Å². The summed E-state index contributed by atoms with van der Waals surface area (Å²) in [5.74, 6) is 2.50. The molecular formula is C23H25N3O5. The molecule has 1 fully saturated rings. The van der Waals surface area contributed by atoms with E-state index in [-0.39, 0.29) is 11.8 Å². The lowest BCUT2D eigenvalue weighted by atomic mass is 9.97. The number of rotatable bonds is 6. The summed E-state index contributed by atoms with van der Waals surface area (Å²) < 4.78 is 21.8. The summed E-state index contributed by atoms with van der Waals surface area (Å²) in [7, 11) is 4.67. The van der Waals surface area contributed by atoms with Crippen molar-refractivity contribution in [1.82, 2.24) is 15.0 Å². The molecule has 0 saturated carbocycles. The van der Waals surface area contributed by atoms with Crippen LogP contribution in [0.2, 0.25) is 0 Å². The molecule has 2 aromatic carbocycles. The van der Waals surface area contributed by atoms with E-state index in [0.717, 1.165) is 19.4 Å². The zero-order chi connectivity index (χ0) is 21.8. The summed E-state index contributed by atoms with van der Waals surface area (Å²) >= 11 is 0. The second kappa shape index (κ2) is 9.07. The summed E-state index contributed by atoms with van der Waals surface area (Å²) in [5, 5.41) is 4.15. The molecule has 0 N–H and O–H groups in total. The van der Waals surface area contributed by atoms with Crippen molar-refractivity contribution in [3.63, 3.8) is 0 Å². The first-order valence-electron chi connectivity index (χ1n) is 10.1. The zero-order valence-corrected chi connectivity index (χ0v) is 17.8. The average molecular weight is 423 g/mol. The highest BCUT2D eigenvalue weighted by Crippen LogP contribution is 2.41. The van der Waals surface area contributed by atoms with E-state index in [1.807, 2.05) is 35.2 Å². The van der Waals surface area contributed by atoms with E-state index in [1.165, 1.54) is 0 Å². The summed E-state index contributed by atoms with van der Waals surface area (Å²) in [4.78, 5) is 19.3. The van der Waals surface area contributed by atoms with Crippen LogP contribution in [0.1, 0.15) is 35.0 Å². The van der Waals surface area contributed by atoms with Crippen molar-refractivity contribution in [3.8, 4) is 28.6 Å². The second-order valence-corrected chi connectivity index (χ2v) is 7.33. The van der Waals surface area contributed by atoms with Gasteiger partial charge < -0.3 is 23.6 Å². The molecule has 0 bridgehead atoms. The third kappa shape index (κ3) is 4.19. The molecule has 1 aliphatic rings. The molecule has 31 heavy (non-hydrogen) atoms. The Labute approximate surface area is 180 Å². The van der Waals surface area contributed by atoms with Crippen molar-refractivity contribution < 1.29 is 23.5 Å². The lowest BCUT2D eigenvalue weighted by Crippen LogP contribution is -2.39. The van der Waals surface area contributed by atoms with E-state index >= 15 is 0 Å². The standard InChI is InChI=1S/C23H25N3O5/c1-28-18-12-17(13-19(29-2)20(18)30-3)21-24-22(31-25-21)16-10-7-11-26(14-16)23(27)15-8-5-4-6-9-15/h4-6,8-9,12-13,16H,7,10-11,14H2,1-3H3/t16-/m0/s1. The van der Waals surface area contributed by atoms with Crippen LogP contribution < -0.4 is 14.2 Å². The van der Waals surface area contributed by atoms with Crippen LogP contribution in [0.15, 0.2) is 47.0 Å². The van der Waals surface area contributed by atoms with Gasteiger partial charge in [-0.1, -0.05) is 23.4 Å². The maximum Gasteiger partial charge on any atom is 0.253 e. The van der Waals surface area contributed by atoms with Crippen LogP contribution in [0.4, 0.5) is 0 Å². The molecule has 2 heterocycles. The third-order valence-electron chi connectivity index (χ3n) is 5.44. The van der Waals surface area contributed by atoms with Gasteiger partial charge in [-0.25, -0.2) is 0 Å². The van der Waals surface area contributed by atoms with Crippen molar-refractivity contribution in [1.29, 1.82) is 0 Å². The molecule has 0 radical (unpaired) electrons. The lowest BCUT2D eigenvalue weighted by Gasteiger charge is -2.31. The Bertz CT molecular complexity index is 1030. The second-order valence-electron chi connectivity index (χ2n) is 7.33. The fraction of sp³-hybridized carbons (Fsp3) is 0.348. The van der Waals surface area contributed by atoms with Crippen LogP contribution in [-0.4, -0.2) is 55.4 Å². The van der Waals surface area contributed by atoms with Crippen LogP contribution in [0, 0.1) is 0 Å². The third-order valence-corrected chi connectivity index (χ3v) is 5.44. The van der Waals surface area contributed by atoms with Gasteiger partial charge in [0.05, 0.1) is 27.2 Å². The SMILES string of the molecule is COc1cc(-c2noc([C@H]3CCCN(C(=O)c4ccccc4)C3)n2)cc(OC)c1OC. The fourth-order valence-electron chi connectivity index (χ4n) is 3.85. The van der Waals surface area contributed by atoms with E-state index in [4.69, 9.17) is 18.7 Å². The van der Waals surface area contributed by atoms with Gasteiger partial charge in [0.1, 0.15) is 0 Å². The highest BCUT2D eigenvalue weighted by atomic mass is 16.5. The molecule has 0 unspecified atom stereocenters. The van der Waals surface area contributed by atoms with Crippen LogP contribution >= 0.6 is 0 Å². The summed E-state index contributed by atoms with van der Waals surface area (Å²) in [6, 6.07) is 12.9. The topological polar surface area (TPSA) is 86.9 Å². The molecule has 0 aliphatic carbocycles. The largest absolute Gasteiger partial charge is 0.493 e. The van der Waals surface area contributed by atoms with Crippen molar-refractivity contribution in [3.05, 3.63) is 53.9 Å². The van der Waals surface area contributed by atoms with Gasteiger partial charge in [0.25, 0.3) is 5.91 Å². The zero-order valence-electron chi connectivity index (χ0n) is 17.8. The minimum absolute atomic E-state index is 0.00954. The Kier molecular flexibility index (Phi) is 6.06. The highest BCUT2D eigenvalue weighted by molar-refractivity contribution is 5.94. The van der Waals surface area contributed by atoms with Crippen LogP contribution in [0.3, 0.4) is 0 Å². The van der Waals surface area contributed by atoms with E-state index < -0.39 is 0 Å². The molecule has 1 aromatic heterocycles. The monoisotopic (exact) mass is 423 g/mol. The first kappa shape index (κ1) is 20.7. The first-order chi connectivity index (χ1) is 15.1. The van der Waals surface area contributed by atoms with Crippen molar-refractivity contribution in [2.75, 3.05) is 34.4 Å². The van der Waals surface area contributed by atoms with Gasteiger partial charge in [-0.2, -0.15) is 4.98 Å². The normalized spacial score (nSPS) is 16.1. The van der Waals surface area contributed by atoms with Crippen LogP contribution in [0.5, 0.6) is 17.2 Å². The van der Waals surface area contributed by atoms with E-state index in [9.17, 15) is 4.79 Å². The van der Waals surface area contributed by atoms with E-state index in [2.05, 4.69) is 10.1 Å². The number of benzene rings is 2. The number of amides is 1. The number of likely N-dealkylation sites (tertiary alicyclic amines) is 1. The first-order valence-corrected chi connectivity index (χ1v) is 10.1. The fourth-order valence-corrected chi connectivity index (χ4v) is 3.85. The molecule has 1 amide bonds. The number of aromatic nitrogens is 2. The summed E-state index contributed by atoms with van der Waals surface area (Å²) in [5.41, 5.74) is 1.38. The van der Waals surface area contributed by atoms with Crippen molar-refractivity contribution >= 4 is 5.91 Å². The van der Waals surface area contributed by atoms with Gasteiger partial charge in [0.2, 0.25) is 17.5 Å².